The molecular weight excluding hydrogens is 500 g/mol. The first-order valence-electron chi connectivity index (χ1n) is 11.7. The minimum absolute atomic E-state index is 0.0274. The second kappa shape index (κ2) is 11.5. The van der Waals surface area contributed by atoms with Crippen LogP contribution in [0.4, 0.5) is 0 Å². The molecule has 2 aromatic carbocycles. The summed E-state index contributed by atoms with van der Waals surface area (Å²) in [4.78, 5) is 25.9. The fourth-order valence-electron chi connectivity index (χ4n) is 3.92. The van der Waals surface area contributed by atoms with Crippen LogP contribution in [-0.4, -0.2) is 84.3 Å². The minimum atomic E-state index is -3.66. The van der Waals surface area contributed by atoms with E-state index in [-0.39, 0.29) is 30.2 Å². The molecule has 0 aliphatic carbocycles. The summed E-state index contributed by atoms with van der Waals surface area (Å²) in [6, 6.07) is 14.9. The maximum Gasteiger partial charge on any atom is 0.323 e. The summed E-state index contributed by atoms with van der Waals surface area (Å²) in [6.45, 7) is 3.14. The third-order valence-electron chi connectivity index (χ3n) is 5.79. The van der Waals surface area contributed by atoms with Crippen LogP contribution in [0.15, 0.2) is 59.5 Å². The highest BCUT2D eigenvalue weighted by Crippen LogP contribution is 2.23. The third-order valence-corrected chi connectivity index (χ3v) is 7.70. The van der Waals surface area contributed by atoms with E-state index in [1.54, 1.807) is 30.3 Å². The normalized spacial score (nSPS) is 14.3. The predicted octanol–water partition coefficient (Wildman–Crippen LogP) is 2.22. The standard InChI is InChI=1S/C25H28N4O7S/c1-2-36-20-7-5-19(6-8-20)22-15-23(27-26-22)25(32)28(17-24(30)31)16-18-3-9-21(10-4-18)37(33,34)29-11-13-35-14-12-29/h3-10,15H,2,11-14,16-17H2,1H3,(H,26,27)(H,30,31). The number of carboxylic acids is 1. The molecule has 1 fully saturated rings. The summed E-state index contributed by atoms with van der Waals surface area (Å²) in [5.74, 6) is -1.00. The van der Waals surface area contributed by atoms with Gasteiger partial charge in [-0.2, -0.15) is 9.40 Å². The molecule has 0 atom stereocenters. The van der Waals surface area contributed by atoms with Gasteiger partial charge in [-0.25, -0.2) is 8.42 Å². The van der Waals surface area contributed by atoms with E-state index in [1.165, 1.54) is 16.4 Å². The molecule has 1 aromatic heterocycles. The van der Waals surface area contributed by atoms with Gasteiger partial charge in [-0.05, 0) is 55.0 Å². The van der Waals surface area contributed by atoms with Crippen molar-refractivity contribution in [3.8, 4) is 17.0 Å². The van der Waals surface area contributed by atoms with Gasteiger partial charge in [0.25, 0.3) is 5.91 Å². The molecule has 0 saturated carbocycles. The van der Waals surface area contributed by atoms with Crippen LogP contribution in [0.25, 0.3) is 11.3 Å². The number of rotatable bonds is 10. The molecule has 4 rings (SSSR count). The molecule has 2 N–H and O–H groups in total. The first kappa shape index (κ1) is 26.3. The van der Waals surface area contributed by atoms with Gasteiger partial charge >= 0.3 is 5.97 Å². The Morgan fingerprint density at radius 1 is 1.11 bits per heavy atom. The van der Waals surface area contributed by atoms with Crippen LogP contribution in [0.5, 0.6) is 5.75 Å². The number of morpholine rings is 1. The summed E-state index contributed by atoms with van der Waals surface area (Å²) in [7, 11) is -3.66. The van der Waals surface area contributed by atoms with E-state index in [1.807, 2.05) is 19.1 Å². The Hall–Kier alpha value is -3.74. The number of H-pyrrole nitrogens is 1. The van der Waals surface area contributed by atoms with Gasteiger partial charge in [-0.1, -0.05) is 12.1 Å². The molecule has 12 heteroatoms. The number of carbonyl (C=O) groups is 2. The number of amides is 1. The fourth-order valence-corrected chi connectivity index (χ4v) is 5.33. The molecule has 1 aliphatic heterocycles. The van der Waals surface area contributed by atoms with Crippen LogP contribution in [0.3, 0.4) is 0 Å². The second-order valence-electron chi connectivity index (χ2n) is 8.34. The Balaban J connectivity index is 1.49. The van der Waals surface area contributed by atoms with Crippen molar-refractivity contribution >= 4 is 21.9 Å². The molecule has 3 aromatic rings. The number of aromatic amines is 1. The largest absolute Gasteiger partial charge is 0.494 e. The van der Waals surface area contributed by atoms with Gasteiger partial charge in [0.05, 0.1) is 30.4 Å². The number of ether oxygens (including phenoxy) is 2. The lowest BCUT2D eigenvalue weighted by molar-refractivity contribution is -0.137. The first-order valence-corrected chi connectivity index (χ1v) is 13.2. The Morgan fingerprint density at radius 2 is 1.78 bits per heavy atom. The molecule has 196 valence electrons. The zero-order chi connectivity index (χ0) is 26.4. The van der Waals surface area contributed by atoms with Crippen LogP contribution >= 0.6 is 0 Å². The number of nitrogens with zero attached hydrogens (tertiary/aromatic N) is 3. The minimum Gasteiger partial charge on any atom is -0.494 e. The van der Waals surface area contributed by atoms with Gasteiger partial charge in [0.1, 0.15) is 18.0 Å². The number of aromatic nitrogens is 2. The summed E-state index contributed by atoms with van der Waals surface area (Å²) >= 11 is 0. The molecule has 11 nitrogen and oxygen atoms in total. The SMILES string of the molecule is CCOc1ccc(-c2cc(C(=O)N(CC(=O)O)Cc3ccc(S(=O)(=O)N4CCOCC4)cc3)[nH]n2)cc1. The lowest BCUT2D eigenvalue weighted by Gasteiger charge is -2.26. The van der Waals surface area contributed by atoms with Crippen LogP contribution in [0.2, 0.25) is 0 Å². The van der Waals surface area contributed by atoms with Crippen LogP contribution in [-0.2, 0) is 26.1 Å². The van der Waals surface area contributed by atoms with Crippen molar-refractivity contribution in [2.75, 3.05) is 39.5 Å². The van der Waals surface area contributed by atoms with Crippen molar-refractivity contribution in [1.29, 1.82) is 0 Å². The quantitative estimate of drug-likeness (QED) is 0.408. The number of benzene rings is 2. The lowest BCUT2D eigenvalue weighted by atomic mass is 10.1. The van der Waals surface area contributed by atoms with Gasteiger partial charge < -0.3 is 19.5 Å². The molecule has 0 bridgehead atoms. The molecule has 1 aliphatic rings. The molecule has 1 saturated heterocycles. The third kappa shape index (κ3) is 6.34. The highest BCUT2D eigenvalue weighted by molar-refractivity contribution is 7.89. The van der Waals surface area contributed by atoms with E-state index in [9.17, 15) is 23.1 Å². The summed E-state index contributed by atoms with van der Waals surface area (Å²) < 4.78 is 37.7. The van der Waals surface area contributed by atoms with Crippen molar-refractivity contribution in [2.24, 2.45) is 0 Å². The average molecular weight is 529 g/mol. The molecule has 0 unspecified atom stereocenters. The van der Waals surface area contributed by atoms with Gasteiger partial charge in [0.15, 0.2) is 0 Å². The number of hydrogen-bond donors (Lipinski definition) is 2. The van der Waals surface area contributed by atoms with Gasteiger partial charge in [-0.15, -0.1) is 0 Å². The highest BCUT2D eigenvalue weighted by Gasteiger charge is 2.27. The first-order chi connectivity index (χ1) is 17.8. The molecule has 37 heavy (non-hydrogen) atoms. The van der Waals surface area contributed by atoms with Crippen LogP contribution < -0.4 is 4.74 Å². The van der Waals surface area contributed by atoms with E-state index in [0.717, 1.165) is 16.2 Å². The maximum atomic E-state index is 13.2. The van der Waals surface area contributed by atoms with Crippen molar-refractivity contribution in [1.82, 2.24) is 19.4 Å². The number of sulfonamides is 1. The van der Waals surface area contributed by atoms with Crippen molar-refractivity contribution in [2.45, 2.75) is 18.4 Å². The van der Waals surface area contributed by atoms with E-state index >= 15 is 0 Å². The smallest absolute Gasteiger partial charge is 0.323 e. The Bertz CT molecular complexity index is 1330. The van der Waals surface area contributed by atoms with E-state index < -0.39 is 28.4 Å². The fraction of sp³-hybridized carbons (Fsp3) is 0.320. The van der Waals surface area contributed by atoms with Gasteiger partial charge in [0.2, 0.25) is 10.0 Å². The van der Waals surface area contributed by atoms with Crippen molar-refractivity contribution in [3.63, 3.8) is 0 Å². The number of nitrogens with one attached hydrogen (secondary N) is 1. The molecular formula is C25H28N4O7S. The van der Waals surface area contributed by atoms with Crippen LogP contribution in [0.1, 0.15) is 23.0 Å². The average Bonchev–Trinajstić information content (AvgIpc) is 3.39. The Morgan fingerprint density at radius 3 is 2.41 bits per heavy atom. The zero-order valence-electron chi connectivity index (χ0n) is 20.3. The number of carboxylic acid groups (broad SMARTS) is 1. The Kier molecular flexibility index (Phi) is 8.21. The summed E-state index contributed by atoms with van der Waals surface area (Å²) in [5.41, 5.74) is 2.01. The highest BCUT2D eigenvalue weighted by atomic mass is 32.2. The summed E-state index contributed by atoms with van der Waals surface area (Å²) in [5, 5.41) is 16.3. The van der Waals surface area contributed by atoms with Gasteiger partial charge in [-0.3, -0.25) is 14.7 Å². The molecule has 1 amide bonds. The van der Waals surface area contributed by atoms with E-state index in [2.05, 4.69) is 10.2 Å². The van der Waals surface area contributed by atoms with E-state index in [0.29, 0.717) is 31.1 Å². The van der Waals surface area contributed by atoms with Crippen LogP contribution in [0, 0.1) is 0 Å². The Labute approximate surface area is 214 Å². The number of carbonyl (C=O) groups excluding carboxylic acids is 1. The molecule has 0 spiro atoms. The number of aliphatic carboxylic acids is 1. The lowest BCUT2D eigenvalue weighted by Crippen LogP contribution is -2.40. The maximum absolute atomic E-state index is 13.2. The van der Waals surface area contributed by atoms with Gasteiger partial charge in [0, 0.05) is 25.2 Å². The molecule has 2 heterocycles. The van der Waals surface area contributed by atoms with Crippen molar-refractivity contribution < 1.29 is 32.6 Å². The monoisotopic (exact) mass is 528 g/mol. The molecule has 0 radical (unpaired) electrons. The predicted molar refractivity (Wildman–Crippen MR) is 134 cm³/mol. The summed E-state index contributed by atoms with van der Waals surface area (Å²) in [6.07, 6.45) is 0. The van der Waals surface area contributed by atoms with E-state index in [4.69, 9.17) is 9.47 Å². The topological polar surface area (TPSA) is 142 Å². The number of hydrogen-bond acceptors (Lipinski definition) is 7. The zero-order valence-corrected chi connectivity index (χ0v) is 21.1. The second-order valence-corrected chi connectivity index (χ2v) is 10.3. The van der Waals surface area contributed by atoms with Crippen molar-refractivity contribution in [3.05, 3.63) is 65.9 Å².